The molecule has 1 aliphatic rings. The first-order valence-electron chi connectivity index (χ1n) is 7.11. The Morgan fingerprint density at radius 3 is 2.55 bits per heavy atom. The number of aliphatic carboxylic acids is 1. The highest BCUT2D eigenvalue weighted by Crippen LogP contribution is 2.14. The number of hydrogen-bond donors (Lipinski definition) is 2. The molecular formula is C14H24N2O4. The fourth-order valence-electron chi connectivity index (χ4n) is 2.01. The van der Waals surface area contributed by atoms with Crippen molar-refractivity contribution in [2.24, 2.45) is 5.41 Å². The van der Waals surface area contributed by atoms with Crippen LogP contribution in [0.4, 0.5) is 0 Å². The Hall–Kier alpha value is -1.59. The molecule has 1 aliphatic heterocycles. The van der Waals surface area contributed by atoms with Crippen molar-refractivity contribution >= 4 is 17.8 Å². The summed E-state index contributed by atoms with van der Waals surface area (Å²) in [6.07, 6.45) is 4.44. The van der Waals surface area contributed by atoms with Gasteiger partial charge in [0.1, 0.15) is 0 Å². The summed E-state index contributed by atoms with van der Waals surface area (Å²) in [4.78, 5) is 36.2. The zero-order valence-corrected chi connectivity index (χ0v) is 12.3. The van der Waals surface area contributed by atoms with Gasteiger partial charge in [-0.15, -0.1) is 0 Å². The Labute approximate surface area is 119 Å². The van der Waals surface area contributed by atoms with Crippen LogP contribution in [0.2, 0.25) is 0 Å². The lowest BCUT2D eigenvalue weighted by atomic mass is 9.94. The van der Waals surface area contributed by atoms with Crippen molar-refractivity contribution in [3.05, 3.63) is 0 Å². The molecule has 0 aromatic heterocycles. The van der Waals surface area contributed by atoms with E-state index in [1.165, 1.54) is 0 Å². The average Bonchev–Trinajstić information content (AvgIpc) is 2.36. The third-order valence-corrected chi connectivity index (χ3v) is 3.56. The van der Waals surface area contributed by atoms with Crippen LogP contribution in [0.3, 0.4) is 0 Å². The first kappa shape index (κ1) is 16.5. The zero-order chi connectivity index (χ0) is 15.2. The van der Waals surface area contributed by atoms with E-state index in [2.05, 4.69) is 5.32 Å². The second kappa shape index (κ2) is 7.26. The van der Waals surface area contributed by atoms with Gasteiger partial charge >= 0.3 is 5.97 Å². The van der Waals surface area contributed by atoms with Crippen LogP contribution in [0.25, 0.3) is 0 Å². The van der Waals surface area contributed by atoms with E-state index in [0.717, 1.165) is 25.7 Å². The smallest absolute Gasteiger partial charge is 0.310 e. The molecule has 1 fully saturated rings. The largest absolute Gasteiger partial charge is 0.481 e. The number of rotatable bonds is 5. The molecule has 1 heterocycles. The number of carbonyl (C=O) groups excluding carboxylic acids is 2. The molecule has 0 radical (unpaired) electrons. The highest BCUT2D eigenvalue weighted by Gasteiger charge is 2.28. The molecule has 20 heavy (non-hydrogen) atoms. The molecule has 0 saturated carbocycles. The van der Waals surface area contributed by atoms with Gasteiger partial charge < -0.3 is 15.3 Å². The predicted molar refractivity (Wildman–Crippen MR) is 74.1 cm³/mol. The summed E-state index contributed by atoms with van der Waals surface area (Å²) in [6, 6.07) is 0. The van der Waals surface area contributed by atoms with Crippen LogP contribution in [0.5, 0.6) is 0 Å². The zero-order valence-electron chi connectivity index (χ0n) is 12.3. The van der Waals surface area contributed by atoms with Gasteiger partial charge in [-0.2, -0.15) is 0 Å². The predicted octanol–water partition coefficient (Wildman–Crippen LogP) is 1.01. The maximum Gasteiger partial charge on any atom is 0.310 e. The third-order valence-electron chi connectivity index (χ3n) is 3.56. The van der Waals surface area contributed by atoms with E-state index >= 15 is 0 Å². The summed E-state index contributed by atoms with van der Waals surface area (Å²) >= 11 is 0. The van der Waals surface area contributed by atoms with Gasteiger partial charge in [-0.1, -0.05) is 12.8 Å². The van der Waals surface area contributed by atoms with Crippen LogP contribution >= 0.6 is 0 Å². The Morgan fingerprint density at radius 1 is 1.25 bits per heavy atom. The fourth-order valence-corrected chi connectivity index (χ4v) is 2.01. The lowest BCUT2D eigenvalue weighted by molar-refractivity contribution is -0.147. The van der Waals surface area contributed by atoms with Crippen LogP contribution in [0.15, 0.2) is 0 Å². The van der Waals surface area contributed by atoms with Crippen molar-refractivity contribution in [1.29, 1.82) is 0 Å². The topological polar surface area (TPSA) is 86.7 Å². The minimum Gasteiger partial charge on any atom is -0.481 e. The van der Waals surface area contributed by atoms with E-state index in [1.807, 2.05) is 0 Å². The van der Waals surface area contributed by atoms with Crippen molar-refractivity contribution < 1.29 is 19.5 Å². The molecule has 0 unspecified atom stereocenters. The third kappa shape index (κ3) is 5.19. The van der Waals surface area contributed by atoms with Crippen LogP contribution in [0, 0.1) is 5.41 Å². The van der Waals surface area contributed by atoms with Gasteiger partial charge in [-0.3, -0.25) is 14.4 Å². The van der Waals surface area contributed by atoms with Gasteiger partial charge in [0.2, 0.25) is 11.8 Å². The lowest BCUT2D eigenvalue weighted by Crippen LogP contribution is -2.45. The second-order valence-electron chi connectivity index (χ2n) is 5.95. The standard InChI is InChI=1S/C14H24N2O4/c1-14(2,13(19)20)10-15-11(17)9-16-8-6-4-3-5-7-12(16)18/h3-10H2,1-2H3,(H,15,17)(H,19,20). The van der Waals surface area contributed by atoms with Crippen molar-refractivity contribution in [3.8, 4) is 0 Å². The van der Waals surface area contributed by atoms with Gasteiger partial charge in [0.25, 0.3) is 0 Å². The number of nitrogens with one attached hydrogen (secondary N) is 1. The van der Waals surface area contributed by atoms with Gasteiger partial charge in [0.15, 0.2) is 0 Å². The van der Waals surface area contributed by atoms with E-state index in [4.69, 9.17) is 5.11 Å². The SMILES string of the molecule is CC(C)(CNC(=O)CN1CCCCCCC1=O)C(=O)O. The molecule has 0 bridgehead atoms. The van der Waals surface area contributed by atoms with Crippen LogP contribution in [-0.4, -0.2) is 47.4 Å². The maximum absolute atomic E-state index is 11.9. The number of nitrogens with zero attached hydrogens (tertiary/aromatic N) is 1. The number of hydrogen-bond acceptors (Lipinski definition) is 3. The molecular weight excluding hydrogens is 260 g/mol. The van der Waals surface area contributed by atoms with E-state index in [1.54, 1.807) is 18.7 Å². The first-order valence-corrected chi connectivity index (χ1v) is 7.11. The van der Waals surface area contributed by atoms with Gasteiger partial charge in [0.05, 0.1) is 12.0 Å². The summed E-state index contributed by atoms with van der Waals surface area (Å²) in [6.45, 7) is 3.79. The molecule has 0 aliphatic carbocycles. The molecule has 2 amide bonds. The van der Waals surface area contributed by atoms with Gasteiger partial charge in [0, 0.05) is 19.5 Å². The molecule has 6 heteroatoms. The van der Waals surface area contributed by atoms with E-state index in [9.17, 15) is 14.4 Å². The normalized spacial score (nSPS) is 17.3. The molecule has 1 rings (SSSR count). The molecule has 2 N–H and O–H groups in total. The Balaban J connectivity index is 2.44. The van der Waals surface area contributed by atoms with Crippen molar-refractivity contribution in [2.45, 2.75) is 46.0 Å². The monoisotopic (exact) mass is 284 g/mol. The number of carboxylic acid groups (broad SMARTS) is 1. The Bertz CT molecular complexity index is 379. The van der Waals surface area contributed by atoms with E-state index in [-0.39, 0.29) is 24.9 Å². The lowest BCUT2D eigenvalue weighted by Gasteiger charge is -2.25. The highest BCUT2D eigenvalue weighted by atomic mass is 16.4. The van der Waals surface area contributed by atoms with Gasteiger partial charge in [-0.05, 0) is 26.7 Å². The van der Waals surface area contributed by atoms with E-state index in [0.29, 0.717) is 13.0 Å². The quantitative estimate of drug-likeness (QED) is 0.788. The number of carboxylic acids is 1. The minimum atomic E-state index is -1.00. The first-order chi connectivity index (χ1) is 9.33. The second-order valence-corrected chi connectivity index (χ2v) is 5.95. The van der Waals surface area contributed by atoms with Crippen molar-refractivity contribution in [2.75, 3.05) is 19.6 Å². The Kier molecular flexibility index (Phi) is 5.98. The summed E-state index contributed by atoms with van der Waals surface area (Å²) < 4.78 is 0. The molecule has 114 valence electrons. The summed E-state index contributed by atoms with van der Waals surface area (Å²) in [7, 11) is 0. The Morgan fingerprint density at radius 2 is 1.90 bits per heavy atom. The number of carbonyl (C=O) groups is 3. The van der Waals surface area contributed by atoms with E-state index < -0.39 is 11.4 Å². The molecule has 1 saturated heterocycles. The minimum absolute atomic E-state index is 0.0114. The molecule has 0 atom stereocenters. The van der Waals surface area contributed by atoms with Crippen molar-refractivity contribution in [1.82, 2.24) is 10.2 Å². The fraction of sp³-hybridized carbons (Fsp3) is 0.786. The van der Waals surface area contributed by atoms with Crippen LogP contribution in [0.1, 0.15) is 46.0 Å². The molecule has 0 aromatic rings. The highest BCUT2D eigenvalue weighted by molar-refractivity contribution is 5.85. The number of likely N-dealkylation sites (tertiary alicyclic amines) is 1. The summed E-state index contributed by atoms with van der Waals surface area (Å²) in [5.41, 5.74) is -1.00. The van der Waals surface area contributed by atoms with Gasteiger partial charge in [-0.25, -0.2) is 0 Å². The molecule has 0 spiro atoms. The van der Waals surface area contributed by atoms with Crippen LogP contribution in [-0.2, 0) is 14.4 Å². The van der Waals surface area contributed by atoms with Crippen molar-refractivity contribution in [3.63, 3.8) is 0 Å². The number of amides is 2. The summed E-state index contributed by atoms with van der Waals surface area (Å²) in [5, 5.41) is 11.6. The maximum atomic E-state index is 11.9. The molecule has 6 nitrogen and oxygen atoms in total. The average molecular weight is 284 g/mol. The van der Waals surface area contributed by atoms with Crippen LogP contribution < -0.4 is 5.32 Å². The summed E-state index contributed by atoms with van der Waals surface area (Å²) in [5.74, 6) is -1.24. The molecule has 0 aromatic carbocycles.